The van der Waals surface area contributed by atoms with Gasteiger partial charge in [0, 0.05) is 16.7 Å². The van der Waals surface area contributed by atoms with Gasteiger partial charge in [0.25, 0.3) is 0 Å². The SMILES string of the molecule is C=Cc1c(O)cc2c(c1O)C(=O)c1c(cc(O)c(C)c1O)C2=O. The van der Waals surface area contributed by atoms with Gasteiger partial charge >= 0.3 is 0 Å². The predicted molar refractivity (Wildman–Crippen MR) is 81.2 cm³/mol. The van der Waals surface area contributed by atoms with E-state index in [1.54, 1.807) is 0 Å². The highest BCUT2D eigenvalue weighted by Crippen LogP contribution is 2.44. The topological polar surface area (TPSA) is 115 Å². The van der Waals surface area contributed by atoms with Gasteiger partial charge in [0.05, 0.1) is 16.7 Å². The van der Waals surface area contributed by atoms with Gasteiger partial charge < -0.3 is 20.4 Å². The van der Waals surface area contributed by atoms with E-state index in [-0.39, 0.29) is 39.1 Å². The Labute approximate surface area is 130 Å². The quantitative estimate of drug-likeness (QED) is 0.548. The molecular formula is C17H12O6. The Kier molecular flexibility index (Phi) is 2.93. The largest absolute Gasteiger partial charge is 0.508 e. The third-order valence-electron chi connectivity index (χ3n) is 3.99. The minimum Gasteiger partial charge on any atom is -0.508 e. The van der Waals surface area contributed by atoms with E-state index < -0.39 is 28.8 Å². The maximum atomic E-state index is 12.7. The number of phenolic OH excluding ortho intramolecular Hbond substituents is 4. The van der Waals surface area contributed by atoms with Crippen LogP contribution in [0.2, 0.25) is 0 Å². The molecule has 1 aliphatic carbocycles. The van der Waals surface area contributed by atoms with Gasteiger partial charge in [-0.1, -0.05) is 12.7 Å². The van der Waals surface area contributed by atoms with Gasteiger partial charge in [0.2, 0.25) is 5.78 Å². The molecule has 0 unspecified atom stereocenters. The van der Waals surface area contributed by atoms with Gasteiger partial charge in [-0.15, -0.1) is 0 Å². The second kappa shape index (κ2) is 4.61. The molecule has 0 atom stereocenters. The van der Waals surface area contributed by atoms with Crippen LogP contribution in [0.15, 0.2) is 18.7 Å². The lowest BCUT2D eigenvalue weighted by Gasteiger charge is -2.22. The minimum absolute atomic E-state index is 0.0514. The Morgan fingerprint density at radius 3 is 1.96 bits per heavy atom. The molecule has 23 heavy (non-hydrogen) atoms. The zero-order valence-corrected chi connectivity index (χ0v) is 12.0. The Morgan fingerprint density at radius 1 is 0.870 bits per heavy atom. The van der Waals surface area contributed by atoms with E-state index in [0.717, 1.165) is 18.2 Å². The zero-order chi connectivity index (χ0) is 17.0. The van der Waals surface area contributed by atoms with E-state index in [2.05, 4.69) is 6.58 Å². The van der Waals surface area contributed by atoms with Gasteiger partial charge in [-0.3, -0.25) is 9.59 Å². The number of hydrogen-bond donors (Lipinski definition) is 4. The molecule has 0 aromatic heterocycles. The van der Waals surface area contributed by atoms with Crippen LogP contribution in [0.4, 0.5) is 0 Å². The van der Waals surface area contributed by atoms with E-state index in [1.165, 1.54) is 6.92 Å². The number of carbonyl (C=O) groups excluding carboxylic acids is 2. The summed E-state index contributed by atoms with van der Waals surface area (Å²) >= 11 is 0. The molecular weight excluding hydrogens is 300 g/mol. The minimum atomic E-state index is -0.768. The molecule has 6 nitrogen and oxygen atoms in total. The molecule has 4 N–H and O–H groups in total. The number of hydrogen-bond acceptors (Lipinski definition) is 6. The first-order valence-electron chi connectivity index (χ1n) is 6.65. The molecule has 0 fully saturated rings. The van der Waals surface area contributed by atoms with E-state index >= 15 is 0 Å². The smallest absolute Gasteiger partial charge is 0.202 e. The molecule has 0 bridgehead atoms. The fourth-order valence-electron chi connectivity index (χ4n) is 2.71. The Morgan fingerprint density at radius 2 is 1.39 bits per heavy atom. The van der Waals surface area contributed by atoms with Crippen LogP contribution in [0.3, 0.4) is 0 Å². The molecule has 0 saturated heterocycles. The van der Waals surface area contributed by atoms with E-state index in [4.69, 9.17) is 0 Å². The monoisotopic (exact) mass is 312 g/mol. The average Bonchev–Trinajstić information content (AvgIpc) is 2.49. The van der Waals surface area contributed by atoms with Gasteiger partial charge in [-0.05, 0) is 19.1 Å². The maximum absolute atomic E-state index is 12.7. The molecule has 0 radical (unpaired) electrons. The fourth-order valence-corrected chi connectivity index (χ4v) is 2.71. The summed E-state index contributed by atoms with van der Waals surface area (Å²) in [6, 6.07) is 2.15. The van der Waals surface area contributed by atoms with Crippen molar-refractivity contribution in [1.29, 1.82) is 0 Å². The number of aromatic hydroxyl groups is 4. The molecule has 116 valence electrons. The van der Waals surface area contributed by atoms with Crippen molar-refractivity contribution in [2.24, 2.45) is 0 Å². The van der Waals surface area contributed by atoms with Crippen LogP contribution in [-0.4, -0.2) is 32.0 Å². The summed E-state index contributed by atoms with van der Waals surface area (Å²) in [5, 5.41) is 40.0. The van der Waals surface area contributed by atoms with Gasteiger partial charge in [0.1, 0.15) is 23.0 Å². The number of rotatable bonds is 1. The number of carbonyl (C=O) groups is 2. The molecule has 6 heteroatoms. The number of benzene rings is 2. The van der Waals surface area contributed by atoms with Crippen LogP contribution < -0.4 is 0 Å². The lowest BCUT2D eigenvalue weighted by Crippen LogP contribution is -2.22. The summed E-state index contributed by atoms with van der Waals surface area (Å²) in [4.78, 5) is 25.2. The van der Waals surface area contributed by atoms with Crippen molar-refractivity contribution in [2.45, 2.75) is 6.92 Å². The molecule has 0 saturated carbocycles. The average molecular weight is 312 g/mol. The molecule has 1 aliphatic rings. The van der Waals surface area contributed by atoms with Gasteiger partial charge in [-0.25, -0.2) is 0 Å². The summed E-state index contributed by atoms with van der Waals surface area (Å²) in [5.74, 6) is -3.29. The summed E-state index contributed by atoms with van der Waals surface area (Å²) in [6.45, 7) is 4.83. The van der Waals surface area contributed by atoms with E-state index in [0.29, 0.717) is 0 Å². The lowest BCUT2D eigenvalue weighted by molar-refractivity contribution is 0.0973. The van der Waals surface area contributed by atoms with Crippen LogP contribution in [0.1, 0.15) is 43.0 Å². The summed E-state index contributed by atoms with van der Waals surface area (Å²) in [5.41, 5.74) is -1.01. The van der Waals surface area contributed by atoms with Crippen LogP contribution in [0.25, 0.3) is 6.08 Å². The first-order valence-corrected chi connectivity index (χ1v) is 6.65. The molecule has 3 rings (SSSR count). The van der Waals surface area contributed by atoms with Crippen molar-refractivity contribution >= 4 is 17.6 Å². The first kappa shape index (κ1) is 14.6. The van der Waals surface area contributed by atoms with Crippen molar-refractivity contribution in [3.63, 3.8) is 0 Å². The third kappa shape index (κ3) is 1.75. The molecule has 0 heterocycles. The van der Waals surface area contributed by atoms with Crippen LogP contribution in [-0.2, 0) is 0 Å². The van der Waals surface area contributed by atoms with Crippen molar-refractivity contribution in [3.05, 3.63) is 52.1 Å². The van der Waals surface area contributed by atoms with Crippen molar-refractivity contribution in [2.75, 3.05) is 0 Å². The fraction of sp³-hybridized carbons (Fsp3) is 0.0588. The Hall–Kier alpha value is -3.28. The number of fused-ring (bicyclic) bond motifs is 2. The highest BCUT2D eigenvalue weighted by atomic mass is 16.3. The van der Waals surface area contributed by atoms with Crippen molar-refractivity contribution in [3.8, 4) is 23.0 Å². The lowest BCUT2D eigenvalue weighted by atomic mass is 9.81. The Balaban J connectivity index is 2.43. The van der Waals surface area contributed by atoms with Crippen LogP contribution >= 0.6 is 0 Å². The summed E-state index contributed by atoms with van der Waals surface area (Å²) < 4.78 is 0. The van der Waals surface area contributed by atoms with Crippen LogP contribution in [0.5, 0.6) is 23.0 Å². The standard InChI is InChI=1S/C17H12O6/c1-3-7-11(19)5-9-13(16(7)22)17(23)12-8(15(9)21)4-10(18)6(2)14(12)20/h3-5,18-20,22H,1H2,2H3. The molecule has 0 aliphatic heterocycles. The molecule has 0 amide bonds. The second-order valence-electron chi connectivity index (χ2n) is 5.23. The predicted octanol–water partition coefficient (Wildman–Crippen LogP) is 2.24. The van der Waals surface area contributed by atoms with Crippen molar-refractivity contribution in [1.82, 2.24) is 0 Å². The highest BCUT2D eigenvalue weighted by Gasteiger charge is 2.37. The maximum Gasteiger partial charge on any atom is 0.202 e. The van der Waals surface area contributed by atoms with E-state index in [9.17, 15) is 30.0 Å². The van der Waals surface area contributed by atoms with Crippen molar-refractivity contribution < 1.29 is 30.0 Å². The zero-order valence-electron chi connectivity index (χ0n) is 12.0. The van der Waals surface area contributed by atoms with Gasteiger partial charge in [0.15, 0.2) is 5.78 Å². The van der Waals surface area contributed by atoms with Gasteiger partial charge in [-0.2, -0.15) is 0 Å². The Bertz CT molecular complexity index is 924. The number of ketones is 2. The summed E-state index contributed by atoms with van der Waals surface area (Å²) in [7, 11) is 0. The number of phenols is 4. The first-order chi connectivity index (χ1) is 10.8. The molecule has 2 aromatic carbocycles. The third-order valence-corrected chi connectivity index (χ3v) is 3.99. The second-order valence-corrected chi connectivity index (χ2v) is 5.23. The van der Waals surface area contributed by atoms with Crippen LogP contribution in [0, 0.1) is 6.92 Å². The normalized spacial score (nSPS) is 12.7. The van der Waals surface area contributed by atoms with E-state index in [1.807, 2.05) is 0 Å². The highest BCUT2D eigenvalue weighted by molar-refractivity contribution is 6.31. The molecule has 0 spiro atoms. The summed E-state index contributed by atoms with van der Waals surface area (Å²) in [6.07, 6.45) is 1.15. The molecule has 2 aromatic rings.